The second-order valence-corrected chi connectivity index (χ2v) is 9.69. The van der Waals surface area contributed by atoms with Crippen LogP contribution in [0.1, 0.15) is 65.3 Å². The Labute approximate surface area is 198 Å². The van der Waals surface area contributed by atoms with E-state index in [4.69, 9.17) is 0 Å². The highest BCUT2D eigenvalue weighted by Gasteiger charge is 2.34. The summed E-state index contributed by atoms with van der Waals surface area (Å²) >= 11 is 1.31. The van der Waals surface area contributed by atoms with Crippen LogP contribution in [-0.4, -0.2) is 40.4 Å². The molecule has 1 atom stereocenters. The first kappa shape index (κ1) is 23.4. The summed E-state index contributed by atoms with van der Waals surface area (Å²) in [5, 5.41) is 3.63. The van der Waals surface area contributed by atoms with E-state index in [1.807, 2.05) is 13.1 Å². The smallest absolute Gasteiger partial charge is 0.307 e. The molecule has 33 heavy (non-hydrogen) atoms. The number of nitrogens with one attached hydrogen (secondary N) is 1. The summed E-state index contributed by atoms with van der Waals surface area (Å²) in [7, 11) is 1.82. The summed E-state index contributed by atoms with van der Waals surface area (Å²) in [5.41, 5.74) is 3.32. The van der Waals surface area contributed by atoms with E-state index in [1.54, 1.807) is 28.8 Å². The van der Waals surface area contributed by atoms with Gasteiger partial charge in [-0.2, -0.15) is 0 Å². The fourth-order valence-electron chi connectivity index (χ4n) is 4.48. The van der Waals surface area contributed by atoms with Gasteiger partial charge in [-0.25, -0.2) is 0 Å². The highest BCUT2D eigenvalue weighted by molar-refractivity contribution is 7.16. The number of nitrogens with zero attached hydrogens (tertiary/aromatic N) is 2. The number of thiazole rings is 1. The Morgan fingerprint density at radius 1 is 0.970 bits per heavy atom. The van der Waals surface area contributed by atoms with Crippen molar-refractivity contribution in [2.45, 2.75) is 51.5 Å². The lowest BCUT2D eigenvalue weighted by molar-refractivity contribution is 0.0650. The first-order valence-corrected chi connectivity index (χ1v) is 12.6. The van der Waals surface area contributed by atoms with Crippen molar-refractivity contribution in [2.24, 2.45) is 7.05 Å². The van der Waals surface area contributed by atoms with E-state index < -0.39 is 0 Å². The van der Waals surface area contributed by atoms with Gasteiger partial charge in [0, 0.05) is 19.6 Å². The van der Waals surface area contributed by atoms with Crippen LogP contribution in [0.5, 0.6) is 0 Å². The number of benzene rings is 2. The van der Waals surface area contributed by atoms with Gasteiger partial charge in [0.2, 0.25) is 0 Å². The summed E-state index contributed by atoms with van der Waals surface area (Å²) in [6, 6.07) is 13.7. The second kappa shape index (κ2) is 10.4. The summed E-state index contributed by atoms with van der Waals surface area (Å²) in [5.74, 6) is -0.338. The molecule has 2 amide bonds. The van der Waals surface area contributed by atoms with Crippen LogP contribution in [0.2, 0.25) is 0 Å². The highest BCUT2D eigenvalue weighted by atomic mass is 32.1. The van der Waals surface area contributed by atoms with E-state index in [1.165, 1.54) is 21.8 Å². The first-order chi connectivity index (χ1) is 16.0. The van der Waals surface area contributed by atoms with E-state index in [0.717, 1.165) is 55.3 Å². The molecule has 0 saturated heterocycles. The van der Waals surface area contributed by atoms with Crippen LogP contribution in [0.15, 0.2) is 47.3 Å². The van der Waals surface area contributed by atoms with E-state index >= 15 is 0 Å². The molecule has 6 nitrogen and oxygen atoms in total. The highest BCUT2D eigenvalue weighted by Crippen LogP contribution is 2.23. The third-order valence-electron chi connectivity index (χ3n) is 6.49. The summed E-state index contributed by atoms with van der Waals surface area (Å²) in [6.07, 6.45) is 5.93. The van der Waals surface area contributed by atoms with Crippen molar-refractivity contribution in [3.63, 3.8) is 0 Å². The van der Waals surface area contributed by atoms with Crippen LogP contribution in [-0.2, 0) is 13.5 Å². The Balaban J connectivity index is 1.16. The molecule has 4 rings (SSSR count). The van der Waals surface area contributed by atoms with Gasteiger partial charge in [0.1, 0.15) is 0 Å². The Hall–Kier alpha value is -2.77. The zero-order chi connectivity index (χ0) is 23.4. The molecule has 2 heterocycles. The van der Waals surface area contributed by atoms with Crippen molar-refractivity contribution in [2.75, 3.05) is 13.1 Å². The Morgan fingerprint density at radius 3 is 2.39 bits per heavy atom. The maximum Gasteiger partial charge on any atom is 0.307 e. The minimum Gasteiger partial charge on any atom is -0.314 e. The van der Waals surface area contributed by atoms with Crippen LogP contribution in [0, 0.1) is 0 Å². The van der Waals surface area contributed by atoms with E-state index in [-0.39, 0.29) is 16.7 Å². The molecule has 174 valence electrons. The van der Waals surface area contributed by atoms with Crippen LogP contribution in [0.3, 0.4) is 0 Å². The molecule has 3 aromatic rings. The molecule has 7 heteroatoms. The van der Waals surface area contributed by atoms with Crippen LogP contribution >= 0.6 is 11.3 Å². The molecule has 1 aliphatic rings. The number of carbonyl (C=O) groups is 2. The standard InChI is InChI=1S/C26H31N3O3S/c1-3-19(10-8-16-29-24(30)20-11-4-5-12-21(20)25(29)31)27-15-7-6-9-18-13-14-22-23(17-18)33-26(32)28(22)2/h4-5,11-14,17,19,27H,3,6-10,15-16H2,1-2H3. The molecule has 1 aromatic heterocycles. The second-order valence-electron chi connectivity index (χ2n) is 8.70. The fraction of sp³-hybridized carbons (Fsp3) is 0.423. The lowest BCUT2D eigenvalue weighted by Crippen LogP contribution is -2.33. The number of imide groups is 1. The van der Waals surface area contributed by atoms with Crippen LogP contribution in [0.25, 0.3) is 10.2 Å². The number of rotatable bonds is 11. The molecular formula is C26H31N3O3S. The molecule has 0 spiro atoms. The van der Waals surface area contributed by atoms with Gasteiger partial charge in [-0.3, -0.25) is 19.3 Å². The van der Waals surface area contributed by atoms with Crippen molar-refractivity contribution in [3.8, 4) is 0 Å². The number of hydrogen-bond acceptors (Lipinski definition) is 5. The Morgan fingerprint density at radius 2 is 1.70 bits per heavy atom. The minimum absolute atomic E-state index is 0.0833. The molecule has 0 fully saturated rings. The number of fused-ring (bicyclic) bond motifs is 2. The number of aryl methyl sites for hydroxylation is 2. The molecule has 1 unspecified atom stereocenters. The number of aromatic nitrogens is 1. The number of unbranched alkanes of at least 4 members (excludes halogenated alkanes) is 1. The number of hydrogen-bond donors (Lipinski definition) is 1. The minimum atomic E-state index is -0.169. The Kier molecular flexibility index (Phi) is 7.40. The zero-order valence-corrected chi connectivity index (χ0v) is 20.1. The van der Waals surface area contributed by atoms with Gasteiger partial charge < -0.3 is 9.88 Å². The fourth-order valence-corrected chi connectivity index (χ4v) is 5.43. The molecule has 2 aromatic carbocycles. The number of amides is 2. The Bertz CT molecular complexity index is 1180. The summed E-state index contributed by atoms with van der Waals surface area (Å²) in [6.45, 7) is 3.59. The average Bonchev–Trinajstić information content (AvgIpc) is 3.24. The monoisotopic (exact) mass is 465 g/mol. The van der Waals surface area contributed by atoms with Gasteiger partial charge in [0.15, 0.2) is 0 Å². The third kappa shape index (κ3) is 5.09. The molecule has 0 radical (unpaired) electrons. The average molecular weight is 466 g/mol. The summed E-state index contributed by atoms with van der Waals surface area (Å²) in [4.78, 5) is 38.2. The predicted molar refractivity (Wildman–Crippen MR) is 133 cm³/mol. The van der Waals surface area contributed by atoms with Gasteiger partial charge in [-0.1, -0.05) is 36.5 Å². The van der Waals surface area contributed by atoms with Crippen molar-refractivity contribution in [1.29, 1.82) is 0 Å². The van der Waals surface area contributed by atoms with Gasteiger partial charge in [0.25, 0.3) is 11.8 Å². The largest absolute Gasteiger partial charge is 0.314 e. The molecule has 0 saturated carbocycles. The maximum absolute atomic E-state index is 12.5. The predicted octanol–water partition coefficient (Wildman–Crippen LogP) is 4.37. The topological polar surface area (TPSA) is 71.4 Å². The molecule has 1 N–H and O–H groups in total. The maximum atomic E-state index is 12.5. The van der Waals surface area contributed by atoms with Gasteiger partial charge >= 0.3 is 4.87 Å². The van der Waals surface area contributed by atoms with Gasteiger partial charge in [0.05, 0.1) is 21.3 Å². The SMILES string of the molecule is CCC(CCCN1C(=O)c2ccccc2C1=O)NCCCCc1ccc2c(c1)sc(=O)n2C. The number of carbonyl (C=O) groups excluding carboxylic acids is 2. The van der Waals surface area contributed by atoms with E-state index in [0.29, 0.717) is 23.7 Å². The van der Waals surface area contributed by atoms with Crippen molar-refractivity contribution in [3.05, 3.63) is 68.8 Å². The van der Waals surface area contributed by atoms with Gasteiger partial charge in [-0.05, 0) is 74.9 Å². The zero-order valence-electron chi connectivity index (χ0n) is 19.3. The molecular weight excluding hydrogens is 434 g/mol. The summed E-state index contributed by atoms with van der Waals surface area (Å²) < 4.78 is 2.76. The van der Waals surface area contributed by atoms with Crippen molar-refractivity contribution < 1.29 is 9.59 Å². The van der Waals surface area contributed by atoms with Crippen molar-refractivity contribution in [1.82, 2.24) is 14.8 Å². The lowest BCUT2D eigenvalue weighted by atomic mass is 10.1. The molecule has 1 aliphatic heterocycles. The third-order valence-corrected chi connectivity index (χ3v) is 7.48. The van der Waals surface area contributed by atoms with Gasteiger partial charge in [-0.15, -0.1) is 0 Å². The van der Waals surface area contributed by atoms with Crippen LogP contribution in [0.4, 0.5) is 0 Å². The van der Waals surface area contributed by atoms with Crippen LogP contribution < -0.4 is 10.2 Å². The first-order valence-electron chi connectivity index (χ1n) is 11.8. The molecule has 0 aliphatic carbocycles. The molecule has 0 bridgehead atoms. The quantitative estimate of drug-likeness (QED) is 0.337. The lowest BCUT2D eigenvalue weighted by Gasteiger charge is -2.19. The normalized spacial score (nSPS) is 14.3. The van der Waals surface area contributed by atoms with E-state index in [2.05, 4.69) is 24.4 Å². The van der Waals surface area contributed by atoms with E-state index in [9.17, 15) is 14.4 Å². The van der Waals surface area contributed by atoms with Crippen molar-refractivity contribution >= 4 is 33.4 Å².